The number of unbranched alkanes of at least 4 members (excludes halogenated alkanes) is 3. The monoisotopic (exact) mass is 406 g/mol. The molecule has 2 aromatic rings. The number of halogens is 3. The molecule has 0 spiro atoms. The van der Waals surface area contributed by atoms with E-state index in [1.165, 1.54) is 6.07 Å². The van der Waals surface area contributed by atoms with Crippen LogP contribution in [0, 0.1) is 0 Å². The molecule has 0 N–H and O–H groups in total. The first-order chi connectivity index (χ1) is 12.2. The molecule has 2 rings (SSSR count). The van der Waals surface area contributed by atoms with Gasteiger partial charge in [0.25, 0.3) is 0 Å². The SMILES string of the molecule is CCCCCCc1ccc2cc(SC)c(OS(=O)(=O)C(F)(F)F)cc2c1. The summed E-state index contributed by atoms with van der Waals surface area (Å²) < 4.78 is 64.9. The van der Waals surface area contributed by atoms with Gasteiger partial charge >= 0.3 is 15.6 Å². The van der Waals surface area contributed by atoms with Crippen LogP contribution >= 0.6 is 11.8 Å². The molecule has 144 valence electrons. The Bertz CT molecular complexity index is 862. The van der Waals surface area contributed by atoms with E-state index in [-0.39, 0.29) is 5.75 Å². The number of hydrogen-bond donors (Lipinski definition) is 0. The molecule has 0 amide bonds. The highest BCUT2D eigenvalue weighted by atomic mass is 32.2. The minimum absolute atomic E-state index is 0.301. The van der Waals surface area contributed by atoms with Crippen molar-refractivity contribution < 1.29 is 25.8 Å². The number of benzene rings is 2. The highest BCUT2D eigenvalue weighted by molar-refractivity contribution is 7.98. The van der Waals surface area contributed by atoms with E-state index in [4.69, 9.17) is 0 Å². The molecule has 0 aliphatic heterocycles. The fourth-order valence-corrected chi connectivity index (χ4v) is 3.67. The van der Waals surface area contributed by atoms with E-state index in [9.17, 15) is 21.6 Å². The first-order valence-electron chi connectivity index (χ1n) is 8.29. The second-order valence-corrected chi connectivity index (χ2v) is 8.36. The summed E-state index contributed by atoms with van der Waals surface area (Å²) in [5.74, 6) is -0.301. The molecule has 26 heavy (non-hydrogen) atoms. The van der Waals surface area contributed by atoms with Crippen molar-refractivity contribution >= 4 is 32.7 Å². The second-order valence-electron chi connectivity index (χ2n) is 5.98. The Morgan fingerprint density at radius 3 is 2.38 bits per heavy atom. The summed E-state index contributed by atoms with van der Waals surface area (Å²) in [6.07, 6.45) is 6.99. The second kappa shape index (κ2) is 8.52. The maximum Gasteiger partial charge on any atom is 0.534 e. The molecule has 0 atom stereocenters. The molecule has 0 aromatic heterocycles. The van der Waals surface area contributed by atoms with Gasteiger partial charge in [0.15, 0.2) is 5.75 Å². The van der Waals surface area contributed by atoms with Gasteiger partial charge in [-0.1, -0.05) is 44.4 Å². The Hall–Kier alpha value is -1.41. The molecule has 0 aliphatic rings. The lowest BCUT2D eigenvalue weighted by Crippen LogP contribution is -2.28. The van der Waals surface area contributed by atoms with Crippen molar-refractivity contribution in [2.45, 2.75) is 49.4 Å². The summed E-state index contributed by atoms with van der Waals surface area (Å²) in [5.41, 5.74) is -4.39. The van der Waals surface area contributed by atoms with Gasteiger partial charge in [-0.25, -0.2) is 0 Å². The zero-order valence-electron chi connectivity index (χ0n) is 14.6. The molecule has 0 fully saturated rings. The van der Waals surface area contributed by atoms with Crippen LogP contribution in [0.15, 0.2) is 35.2 Å². The van der Waals surface area contributed by atoms with Gasteiger partial charge in [-0.05, 0) is 47.6 Å². The normalized spacial score (nSPS) is 12.5. The number of alkyl halides is 3. The van der Waals surface area contributed by atoms with Gasteiger partial charge < -0.3 is 4.18 Å². The highest BCUT2D eigenvalue weighted by Crippen LogP contribution is 2.36. The molecule has 0 unspecified atom stereocenters. The molecule has 0 bridgehead atoms. The molecule has 0 aliphatic carbocycles. The first kappa shape index (κ1) is 20.9. The predicted octanol–water partition coefficient (Wildman–Crippen LogP) is 5.91. The Morgan fingerprint density at radius 2 is 1.77 bits per heavy atom. The number of rotatable bonds is 8. The summed E-state index contributed by atoms with van der Waals surface area (Å²) in [6.45, 7) is 2.13. The lowest BCUT2D eigenvalue weighted by atomic mass is 10.0. The number of thioether (sulfide) groups is 1. The molecular formula is C18H21F3O3S2. The Balaban J connectivity index is 2.34. The number of fused-ring (bicyclic) bond motifs is 1. The summed E-state index contributed by atoms with van der Waals surface area (Å²) >= 11 is 1.13. The third-order valence-corrected chi connectivity index (χ3v) is 5.71. The van der Waals surface area contributed by atoms with Crippen molar-refractivity contribution in [1.82, 2.24) is 0 Å². The number of aryl methyl sites for hydroxylation is 1. The van der Waals surface area contributed by atoms with Crippen molar-refractivity contribution in [2.24, 2.45) is 0 Å². The molecule has 2 aromatic carbocycles. The minimum Gasteiger partial charge on any atom is -0.375 e. The maximum atomic E-state index is 12.6. The highest BCUT2D eigenvalue weighted by Gasteiger charge is 2.48. The average Bonchev–Trinajstić information content (AvgIpc) is 2.56. The fraction of sp³-hybridized carbons (Fsp3) is 0.444. The standard InChI is InChI=1S/C18H21F3O3S2/c1-3-4-5-6-7-13-8-9-14-12-17(25-2)16(11-15(14)10-13)24-26(22,23)18(19,20)21/h8-12H,3-7H2,1-2H3. The molecule has 0 radical (unpaired) electrons. The van der Waals surface area contributed by atoms with Crippen LogP contribution in [-0.2, 0) is 16.5 Å². The van der Waals surface area contributed by atoms with E-state index >= 15 is 0 Å². The smallest absolute Gasteiger partial charge is 0.375 e. The van der Waals surface area contributed by atoms with Gasteiger partial charge in [0.05, 0.1) is 4.90 Å². The van der Waals surface area contributed by atoms with Gasteiger partial charge in [-0.3, -0.25) is 0 Å². The molecule has 8 heteroatoms. The Labute approximate surface area is 156 Å². The van der Waals surface area contributed by atoms with Crippen molar-refractivity contribution in [3.05, 3.63) is 35.9 Å². The predicted molar refractivity (Wildman–Crippen MR) is 99.2 cm³/mol. The lowest BCUT2D eigenvalue weighted by molar-refractivity contribution is -0.0500. The van der Waals surface area contributed by atoms with E-state index in [2.05, 4.69) is 11.1 Å². The summed E-state index contributed by atoms with van der Waals surface area (Å²) in [6, 6.07) is 8.76. The summed E-state index contributed by atoms with van der Waals surface area (Å²) in [7, 11) is -5.70. The van der Waals surface area contributed by atoms with Crippen LogP contribution in [0.1, 0.15) is 38.2 Å². The van der Waals surface area contributed by atoms with Crippen LogP contribution < -0.4 is 4.18 Å². The van der Waals surface area contributed by atoms with Gasteiger partial charge in [-0.2, -0.15) is 21.6 Å². The summed E-state index contributed by atoms with van der Waals surface area (Å²) in [4.78, 5) is 0.334. The largest absolute Gasteiger partial charge is 0.534 e. The number of hydrogen-bond acceptors (Lipinski definition) is 4. The third kappa shape index (κ3) is 5.07. The molecule has 0 heterocycles. The van der Waals surface area contributed by atoms with Crippen LogP contribution in [0.2, 0.25) is 0 Å². The van der Waals surface area contributed by atoms with E-state index < -0.39 is 15.6 Å². The third-order valence-electron chi connectivity index (χ3n) is 3.99. The Morgan fingerprint density at radius 1 is 1.04 bits per heavy atom. The van der Waals surface area contributed by atoms with E-state index in [1.807, 2.05) is 18.2 Å². The molecular weight excluding hydrogens is 385 g/mol. The van der Waals surface area contributed by atoms with E-state index in [0.717, 1.165) is 54.8 Å². The van der Waals surface area contributed by atoms with Gasteiger partial charge in [0.2, 0.25) is 0 Å². The van der Waals surface area contributed by atoms with Crippen molar-refractivity contribution in [3.8, 4) is 5.75 Å². The van der Waals surface area contributed by atoms with E-state index in [1.54, 1.807) is 12.3 Å². The van der Waals surface area contributed by atoms with Gasteiger partial charge in [0.1, 0.15) is 0 Å². The zero-order chi connectivity index (χ0) is 19.4. The lowest BCUT2D eigenvalue weighted by Gasteiger charge is -2.13. The van der Waals surface area contributed by atoms with Crippen molar-refractivity contribution in [1.29, 1.82) is 0 Å². The van der Waals surface area contributed by atoms with Gasteiger partial charge in [0, 0.05) is 0 Å². The van der Waals surface area contributed by atoms with Crippen LogP contribution in [0.3, 0.4) is 0 Å². The first-order valence-corrected chi connectivity index (χ1v) is 10.9. The van der Waals surface area contributed by atoms with Crippen LogP contribution in [0.5, 0.6) is 5.75 Å². The van der Waals surface area contributed by atoms with Gasteiger partial charge in [-0.15, -0.1) is 11.8 Å². The van der Waals surface area contributed by atoms with E-state index in [0.29, 0.717) is 10.3 Å². The van der Waals surface area contributed by atoms with Crippen LogP contribution in [0.25, 0.3) is 10.8 Å². The van der Waals surface area contributed by atoms with Crippen molar-refractivity contribution in [2.75, 3.05) is 6.26 Å². The van der Waals surface area contributed by atoms with Crippen LogP contribution in [-0.4, -0.2) is 20.2 Å². The fourth-order valence-electron chi connectivity index (χ4n) is 2.61. The average molecular weight is 406 g/mol. The van der Waals surface area contributed by atoms with Crippen molar-refractivity contribution in [3.63, 3.8) is 0 Å². The maximum absolute atomic E-state index is 12.6. The molecule has 0 saturated carbocycles. The topological polar surface area (TPSA) is 43.4 Å². The Kier molecular flexibility index (Phi) is 6.85. The minimum atomic E-state index is -5.70. The quantitative estimate of drug-likeness (QED) is 0.236. The molecule has 3 nitrogen and oxygen atoms in total. The zero-order valence-corrected chi connectivity index (χ0v) is 16.2. The van der Waals surface area contributed by atoms with Crippen LogP contribution in [0.4, 0.5) is 13.2 Å². The molecule has 0 saturated heterocycles. The summed E-state index contributed by atoms with van der Waals surface area (Å²) in [5, 5.41) is 1.48.